The van der Waals surface area contributed by atoms with Crippen molar-refractivity contribution < 1.29 is 0 Å². The van der Waals surface area contributed by atoms with E-state index in [2.05, 4.69) is 66.8 Å². The zero-order chi connectivity index (χ0) is 17.8. The summed E-state index contributed by atoms with van der Waals surface area (Å²) < 4.78 is 0. The molecule has 0 aromatic heterocycles. The third kappa shape index (κ3) is 2.67. The summed E-state index contributed by atoms with van der Waals surface area (Å²) in [4.78, 5) is 0. The molecule has 6 rings (SSSR count). The smallest absolute Gasteiger partial charge is 0.0406 e. The molecule has 136 valence electrons. The molecule has 26 heavy (non-hydrogen) atoms. The first-order valence-corrected chi connectivity index (χ1v) is 10.5. The molecule has 0 heterocycles. The van der Waals surface area contributed by atoms with Gasteiger partial charge in [0.15, 0.2) is 0 Å². The molecule has 1 nitrogen and oxygen atoms in total. The lowest BCUT2D eigenvalue weighted by molar-refractivity contribution is -0.0789. The van der Waals surface area contributed by atoms with Gasteiger partial charge in [-0.15, -0.1) is 0 Å². The van der Waals surface area contributed by atoms with Crippen LogP contribution in [0.25, 0.3) is 0 Å². The normalized spacial score (nSPS) is 36.1. The van der Waals surface area contributed by atoms with Gasteiger partial charge in [0.05, 0.1) is 0 Å². The number of hydrogen-bond acceptors (Lipinski definition) is 1. The third-order valence-electron chi connectivity index (χ3n) is 7.64. The standard InChI is InChI=1S/C24H28ClN/c1-17(26-22-5-3-2-4-6-22)23-12-18-11-19(13-23)15-24(14-18,16-23)20-7-9-21(25)10-8-20/h2-10,17-19,26H,11-16H2,1H3. The van der Waals surface area contributed by atoms with Gasteiger partial charge in [-0.25, -0.2) is 0 Å². The van der Waals surface area contributed by atoms with Crippen LogP contribution in [0.3, 0.4) is 0 Å². The number of rotatable bonds is 4. The van der Waals surface area contributed by atoms with Crippen molar-refractivity contribution in [1.82, 2.24) is 0 Å². The molecule has 0 saturated heterocycles. The first-order valence-electron chi connectivity index (χ1n) is 10.1. The lowest BCUT2D eigenvalue weighted by Gasteiger charge is -2.64. The Hall–Kier alpha value is -1.47. The SMILES string of the molecule is CC(Nc1ccccc1)C12CC3CC(CC(c4ccc(Cl)cc4)(C3)C1)C2. The Bertz CT molecular complexity index is 768. The molecule has 3 unspecified atom stereocenters. The van der Waals surface area contributed by atoms with Crippen molar-refractivity contribution in [2.75, 3.05) is 5.32 Å². The summed E-state index contributed by atoms with van der Waals surface area (Å²) in [5, 5.41) is 4.71. The molecule has 3 atom stereocenters. The Balaban J connectivity index is 1.47. The molecule has 4 aliphatic rings. The zero-order valence-electron chi connectivity index (χ0n) is 15.5. The van der Waals surface area contributed by atoms with E-state index >= 15 is 0 Å². The topological polar surface area (TPSA) is 12.0 Å². The van der Waals surface area contributed by atoms with Gasteiger partial charge in [-0.3, -0.25) is 0 Å². The van der Waals surface area contributed by atoms with Crippen molar-refractivity contribution in [3.05, 3.63) is 65.2 Å². The summed E-state index contributed by atoms with van der Waals surface area (Å²) in [6, 6.07) is 20.1. The van der Waals surface area contributed by atoms with E-state index in [0.717, 1.165) is 16.9 Å². The molecule has 0 amide bonds. The van der Waals surface area contributed by atoms with Crippen LogP contribution in [0, 0.1) is 17.3 Å². The minimum absolute atomic E-state index is 0.376. The van der Waals surface area contributed by atoms with Gasteiger partial charge in [0, 0.05) is 16.8 Å². The van der Waals surface area contributed by atoms with Crippen molar-refractivity contribution in [2.45, 2.75) is 56.9 Å². The molecule has 4 aliphatic carbocycles. The Morgan fingerprint density at radius 1 is 0.923 bits per heavy atom. The number of benzene rings is 2. The van der Waals surface area contributed by atoms with Crippen molar-refractivity contribution >= 4 is 17.3 Å². The van der Waals surface area contributed by atoms with E-state index in [9.17, 15) is 0 Å². The van der Waals surface area contributed by atoms with Crippen LogP contribution in [-0.4, -0.2) is 6.04 Å². The zero-order valence-corrected chi connectivity index (χ0v) is 16.3. The van der Waals surface area contributed by atoms with Crippen molar-refractivity contribution in [3.63, 3.8) is 0 Å². The van der Waals surface area contributed by atoms with Crippen molar-refractivity contribution in [1.29, 1.82) is 0 Å². The van der Waals surface area contributed by atoms with E-state index in [4.69, 9.17) is 11.6 Å². The second-order valence-electron chi connectivity index (χ2n) is 9.34. The van der Waals surface area contributed by atoms with Crippen LogP contribution in [0.4, 0.5) is 5.69 Å². The molecule has 0 spiro atoms. The van der Waals surface area contributed by atoms with Crippen LogP contribution < -0.4 is 5.32 Å². The van der Waals surface area contributed by atoms with Crippen LogP contribution in [0.15, 0.2) is 54.6 Å². The summed E-state index contributed by atoms with van der Waals surface area (Å²) in [6.07, 6.45) is 8.35. The maximum atomic E-state index is 6.18. The number of hydrogen-bond donors (Lipinski definition) is 1. The number of halogens is 1. The molecule has 2 aromatic rings. The Kier molecular flexibility index (Phi) is 3.87. The summed E-state index contributed by atoms with van der Waals surface area (Å²) in [7, 11) is 0. The molecular weight excluding hydrogens is 338 g/mol. The number of anilines is 1. The van der Waals surface area contributed by atoms with Crippen LogP contribution >= 0.6 is 11.6 Å². The predicted octanol–water partition coefficient (Wildman–Crippen LogP) is 6.68. The molecule has 2 heteroatoms. The summed E-state index contributed by atoms with van der Waals surface area (Å²) in [6.45, 7) is 2.43. The van der Waals surface area contributed by atoms with Crippen molar-refractivity contribution in [3.8, 4) is 0 Å². The minimum Gasteiger partial charge on any atom is -0.382 e. The van der Waals surface area contributed by atoms with E-state index in [1.54, 1.807) is 0 Å². The van der Waals surface area contributed by atoms with Crippen LogP contribution in [0.1, 0.15) is 51.0 Å². The molecule has 1 N–H and O–H groups in total. The van der Waals surface area contributed by atoms with Gasteiger partial charge in [-0.2, -0.15) is 0 Å². The van der Waals surface area contributed by atoms with E-state index in [1.807, 2.05) is 0 Å². The Morgan fingerprint density at radius 2 is 1.58 bits per heavy atom. The first kappa shape index (κ1) is 16.7. The first-order chi connectivity index (χ1) is 12.6. The van der Waals surface area contributed by atoms with Gasteiger partial charge in [-0.05, 0) is 97.9 Å². The maximum absolute atomic E-state index is 6.18. The van der Waals surface area contributed by atoms with Crippen LogP contribution in [0.5, 0.6) is 0 Å². The van der Waals surface area contributed by atoms with E-state index in [0.29, 0.717) is 16.9 Å². The number of nitrogens with one attached hydrogen (secondary N) is 1. The molecule has 2 aromatic carbocycles. The summed E-state index contributed by atoms with van der Waals surface area (Å²) >= 11 is 6.18. The van der Waals surface area contributed by atoms with Gasteiger partial charge in [0.1, 0.15) is 0 Å². The van der Waals surface area contributed by atoms with Gasteiger partial charge in [0.25, 0.3) is 0 Å². The average Bonchev–Trinajstić information content (AvgIpc) is 2.62. The summed E-state index contributed by atoms with van der Waals surface area (Å²) in [5.74, 6) is 1.79. The quantitative estimate of drug-likeness (QED) is 0.637. The van der Waals surface area contributed by atoms with E-state index in [-0.39, 0.29) is 0 Å². The molecule has 4 saturated carbocycles. The number of para-hydroxylation sites is 1. The van der Waals surface area contributed by atoms with E-state index in [1.165, 1.54) is 49.8 Å². The Morgan fingerprint density at radius 3 is 2.23 bits per heavy atom. The van der Waals surface area contributed by atoms with Crippen LogP contribution in [-0.2, 0) is 5.41 Å². The van der Waals surface area contributed by atoms with Gasteiger partial charge < -0.3 is 5.32 Å². The molecular formula is C24H28ClN. The average molecular weight is 366 g/mol. The molecule has 0 radical (unpaired) electrons. The maximum Gasteiger partial charge on any atom is 0.0406 e. The highest BCUT2D eigenvalue weighted by Gasteiger charge is 2.59. The minimum atomic E-state index is 0.376. The monoisotopic (exact) mass is 365 g/mol. The highest BCUT2D eigenvalue weighted by atomic mass is 35.5. The fourth-order valence-electron chi connectivity index (χ4n) is 6.92. The second-order valence-corrected chi connectivity index (χ2v) is 9.78. The summed E-state index contributed by atoms with van der Waals surface area (Å²) in [5.41, 5.74) is 3.60. The molecule has 0 aliphatic heterocycles. The predicted molar refractivity (Wildman–Crippen MR) is 110 cm³/mol. The van der Waals surface area contributed by atoms with Gasteiger partial charge in [-0.1, -0.05) is 41.9 Å². The van der Waals surface area contributed by atoms with Gasteiger partial charge >= 0.3 is 0 Å². The lowest BCUT2D eigenvalue weighted by Crippen LogP contribution is -2.58. The van der Waals surface area contributed by atoms with Crippen LogP contribution in [0.2, 0.25) is 5.02 Å². The fourth-order valence-corrected chi connectivity index (χ4v) is 7.04. The highest BCUT2D eigenvalue weighted by molar-refractivity contribution is 6.30. The lowest BCUT2D eigenvalue weighted by atomic mass is 9.41. The van der Waals surface area contributed by atoms with Gasteiger partial charge in [0.2, 0.25) is 0 Å². The molecule has 4 bridgehead atoms. The fraction of sp³-hybridized carbons (Fsp3) is 0.500. The second kappa shape index (κ2) is 6.02. The highest BCUT2D eigenvalue weighted by Crippen LogP contribution is 2.66. The van der Waals surface area contributed by atoms with E-state index < -0.39 is 0 Å². The third-order valence-corrected chi connectivity index (χ3v) is 7.89. The Labute approximate surface area is 162 Å². The molecule has 4 fully saturated rings. The van der Waals surface area contributed by atoms with Crippen molar-refractivity contribution in [2.24, 2.45) is 17.3 Å². The largest absolute Gasteiger partial charge is 0.382 e.